The molecule has 1 aliphatic rings. The molecule has 2 heterocycles. The maximum absolute atomic E-state index is 5.50. The van der Waals surface area contributed by atoms with Gasteiger partial charge in [-0.1, -0.05) is 5.16 Å². The van der Waals surface area contributed by atoms with E-state index in [2.05, 4.69) is 77.3 Å². The summed E-state index contributed by atoms with van der Waals surface area (Å²) in [4.78, 5) is 9.22. The molecule has 0 aliphatic carbocycles. The molecule has 1 fully saturated rings. The third-order valence-corrected chi connectivity index (χ3v) is 4.66. The highest BCUT2D eigenvalue weighted by Gasteiger charge is 2.25. The Morgan fingerprint density at radius 1 is 1.32 bits per heavy atom. The molecule has 1 unspecified atom stereocenters. The lowest BCUT2D eigenvalue weighted by atomic mass is 10.1. The highest BCUT2D eigenvalue weighted by atomic mass is 35.5. The summed E-state index contributed by atoms with van der Waals surface area (Å²) in [5.41, 5.74) is 2.18. The predicted octanol–water partition coefficient (Wildman–Crippen LogP) is 2.97. The Hall–Kier alpha value is -1.63. The first-order valence-electron chi connectivity index (χ1n) is 8.71. The number of piperazine rings is 1. The number of hydrogen-bond acceptors (Lipinski definition) is 6. The third-order valence-electron chi connectivity index (χ3n) is 4.66. The van der Waals surface area contributed by atoms with Gasteiger partial charge in [0.05, 0.1) is 6.04 Å². The van der Waals surface area contributed by atoms with Crippen molar-refractivity contribution in [1.29, 1.82) is 0 Å². The predicted molar refractivity (Wildman–Crippen MR) is 103 cm³/mol. The standard InChI is InChI=1S/C18H27N5O.ClH/c1-5-23(13(2)3)15-8-6-14(7-9-15)18-20-17(21-24-18)16-12-19-10-11-22(16)4;/h6-9,13,16,19H,5,10-12H2,1-4H3;1H. The highest BCUT2D eigenvalue weighted by Crippen LogP contribution is 2.25. The van der Waals surface area contributed by atoms with Crippen LogP contribution < -0.4 is 10.2 Å². The van der Waals surface area contributed by atoms with Crippen molar-refractivity contribution in [2.24, 2.45) is 0 Å². The molecule has 1 aromatic carbocycles. The number of halogens is 1. The fourth-order valence-corrected chi connectivity index (χ4v) is 3.22. The van der Waals surface area contributed by atoms with Gasteiger partial charge in [0.2, 0.25) is 0 Å². The maximum Gasteiger partial charge on any atom is 0.257 e. The second-order valence-electron chi connectivity index (χ2n) is 6.58. The Balaban J connectivity index is 0.00000225. The maximum atomic E-state index is 5.50. The monoisotopic (exact) mass is 365 g/mol. The van der Waals surface area contributed by atoms with Gasteiger partial charge in [0, 0.05) is 43.5 Å². The smallest absolute Gasteiger partial charge is 0.257 e. The molecule has 0 amide bonds. The first kappa shape index (κ1) is 19.7. The van der Waals surface area contributed by atoms with Crippen LogP contribution in [-0.2, 0) is 0 Å². The van der Waals surface area contributed by atoms with Gasteiger partial charge in [-0.2, -0.15) is 4.98 Å². The number of likely N-dealkylation sites (N-methyl/N-ethyl adjacent to an activating group) is 1. The summed E-state index contributed by atoms with van der Waals surface area (Å²) in [6.45, 7) is 10.4. The first-order valence-corrected chi connectivity index (χ1v) is 8.71. The van der Waals surface area contributed by atoms with Crippen molar-refractivity contribution >= 4 is 18.1 Å². The molecule has 1 N–H and O–H groups in total. The Kier molecular flexibility index (Phi) is 6.81. The van der Waals surface area contributed by atoms with Crippen molar-refractivity contribution in [2.75, 3.05) is 38.1 Å². The Labute approximate surface area is 156 Å². The topological polar surface area (TPSA) is 57.4 Å². The Morgan fingerprint density at radius 2 is 2.04 bits per heavy atom. The van der Waals surface area contributed by atoms with Crippen LogP contribution in [0.15, 0.2) is 28.8 Å². The molecule has 25 heavy (non-hydrogen) atoms. The van der Waals surface area contributed by atoms with Crippen LogP contribution in [0, 0.1) is 0 Å². The van der Waals surface area contributed by atoms with E-state index in [1.807, 2.05) is 0 Å². The molecular weight excluding hydrogens is 338 g/mol. The van der Waals surface area contributed by atoms with Gasteiger partial charge in [-0.25, -0.2) is 0 Å². The minimum absolute atomic E-state index is 0. The lowest BCUT2D eigenvalue weighted by molar-refractivity contribution is 0.190. The molecule has 7 heteroatoms. The summed E-state index contributed by atoms with van der Waals surface area (Å²) in [6, 6.07) is 9.01. The first-order chi connectivity index (χ1) is 11.6. The van der Waals surface area contributed by atoms with E-state index in [0.717, 1.165) is 37.6 Å². The second-order valence-corrected chi connectivity index (χ2v) is 6.58. The molecule has 0 saturated carbocycles. The number of rotatable bonds is 5. The van der Waals surface area contributed by atoms with Crippen molar-refractivity contribution < 1.29 is 4.52 Å². The van der Waals surface area contributed by atoms with Crippen molar-refractivity contribution in [1.82, 2.24) is 20.4 Å². The van der Waals surface area contributed by atoms with E-state index in [1.165, 1.54) is 5.69 Å². The summed E-state index contributed by atoms with van der Waals surface area (Å²) in [5.74, 6) is 1.34. The van der Waals surface area contributed by atoms with E-state index in [-0.39, 0.29) is 18.4 Å². The lowest BCUT2D eigenvalue weighted by Crippen LogP contribution is -2.44. The molecule has 1 aliphatic heterocycles. The molecule has 138 valence electrons. The Morgan fingerprint density at radius 3 is 2.64 bits per heavy atom. The van der Waals surface area contributed by atoms with Crippen LogP contribution in [0.4, 0.5) is 5.69 Å². The van der Waals surface area contributed by atoms with Crippen LogP contribution in [-0.4, -0.2) is 54.3 Å². The van der Waals surface area contributed by atoms with Gasteiger partial charge in [-0.3, -0.25) is 4.90 Å². The molecule has 0 spiro atoms. The summed E-state index contributed by atoms with van der Waals surface area (Å²) in [7, 11) is 2.10. The van der Waals surface area contributed by atoms with Gasteiger partial charge in [0.25, 0.3) is 5.89 Å². The SMILES string of the molecule is CCN(c1ccc(-c2nc(C3CNCCN3C)no2)cc1)C(C)C.Cl. The number of nitrogens with one attached hydrogen (secondary N) is 1. The average Bonchev–Trinajstić information content (AvgIpc) is 3.06. The zero-order valence-corrected chi connectivity index (χ0v) is 16.2. The minimum atomic E-state index is 0. The van der Waals surface area contributed by atoms with Crippen molar-refractivity contribution in [2.45, 2.75) is 32.9 Å². The van der Waals surface area contributed by atoms with Crippen LogP contribution in [0.2, 0.25) is 0 Å². The zero-order chi connectivity index (χ0) is 17.1. The van der Waals surface area contributed by atoms with E-state index in [1.54, 1.807) is 0 Å². The number of nitrogens with zero attached hydrogens (tertiary/aromatic N) is 4. The number of aromatic nitrogens is 2. The molecule has 0 bridgehead atoms. The van der Waals surface area contributed by atoms with Crippen LogP contribution >= 0.6 is 12.4 Å². The van der Waals surface area contributed by atoms with E-state index < -0.39 is 0 Å². The minimum Gasteiger partial charge on any atom is -0.369 e. The average molecular weight is 366 g/mol. The molecular formula is C18H28ClN5O. The quantitative estimate of drug-likeness (QED) is 0.879. The van der Waals surface area contributed by atoms with Crippen LogP contribution in [0.25, 0.3) is 11.5 Å². The van der Waals surface area contributed by atoms with E-state index in [4.69, 9.17) is 4.52 Å². The number of anilines is 1. The van der Waals surface area contributed by atoms with Crippen molar-refractivity contribution in [3.05, 3.63) is 30.1 Å². The van der Waals surface area contributed by atoms with Gasteiger partial charge in [-0.05, 0) is 52.1 Å². The molecule has 1 aromatic heterocycles. The molecule has 6 nitrogen and oxygen atoms in total. The molecule has 1 saturated heterocycles. The lowest BCUT2D eigenvalue weighted by Gasteiger charge is -2.30. The summed E-state index contributed by atoms with van der Waals surface area (Å²) < 4.78 is 5.50. The highest BCUT2D eigenvalue weighted by molar-refractivity contribution is 5.85. The summed E-state index contributed by atoms with van der Waals surface area (Å²) in [5, 5.41) is 7.57. The fourth-order valence-electron chi connectivity index (χ4n) is 3.22. The summed E-state index contributed by atoms with van der Waals surface area (Å²) >= 11 is 0. The summed E-state index contributed by atoms with van der Waals surface area (Å²) in [6.07, 6.45) is 0. The van der Waals surface area contributed by atoms with Gasteiger partial charge in [0.15, 0.2) is 5.82 Å². The van der Waals surface area contributed by atoms with Crippen LogP contribution in [0.5, 0.6) is 0 Å². The Bertz CT molecular complexity index is 658. The fraction of sp³-hybridized carbons (Fsp3) is 0.556. The largest absolute Gasteiger partial charge is 0.369 e. The van der Waals surface area contributed by atoms with Crippen molar-refractivity contribution in [3.63, 3.8) is 0 Å². The van der Waals surface area contributed by atoms with E-state index in [9.17, 15) is 0 Å². The van der Waals surface area contributed by atoms with Gasteiger partial charge >= 0.3 is 0 Å². The number of benzene rings is 1. The molecule has 0 radical (unpaired) electrons. The normalized spacial score (nSPS) is 18.2. The van der Waals surface area contributed by atoms with Crippen LogP contribution in [0.3, 0.4) is 0 Å². The third kappa shape index (κ3) is 4.32. The van der Waals surface area contributed by atoms with E-state index >= 15 is 0 Å². The number of hydrogen-bond donors (Lipinski definition) is 1. The second kappa shape index (κ2) is 8.65. The molecule has 1 atom stereocenters. The van der Waals surface area contributed by atoms with Gasteiger partial charge < -0.3 is 14.7 Å². The van der Waals surface area contributed by atoms with E-state index in [0.29, 0.717) is 11.9 Å². The molecule has 2 aromatic rings. The van der Waals surface area contributed by atoms with Crippen molar-refractivity contribution in [3.8, 4) is 11.5 Å². The van der Waals surface area contributed by atoms with Gasteiger partial charge in [-0.15, -0.1) is 12.4 Å². The van der Waals surface area contributed by atoms with Gasteiger partial charge in [0.1, 0.15) is 0 Å². The van der Waals surface area contributed by atoms with Crippen LogP contribution in [0.1, 0.15) is 32.6 Å². The zero-order valence-electron chi connectivity index (χ0n) is 15.4. The molecule has 3 rings (SSSR count).